The minimum absolute atomic E-state index is 0.0218. The van der Waals surface area contributed by atoms with Gasteiger partial charge in [0.15, 0.2) is 12.2 Å². The van der Waals surface area contributed by atoms with Crippen molar-refractivity contribution in [1.82, 2.24) is 10.6 Å². The van der Waals surface area contributed by atoms with Gasteiger partial charge in [0.05, 0.1) is 12.6 Å². The molecule has 1 saturated heterocycles. The van der Waals surface area contributed by atoms with Crippen LogP contribution in [0.5, 0.6) is 0 Å². The van der Waals surface area contributed by atoms with Gasteiger partial charge in [-0.3, -0.25) is 19.2 Å². The van der Waals surface area contributed by atoms with Crippen LogP contribution in [0.3, 0.4) is 0 Å². The van der Waals surface area contributed by atoms with Gasteiger partial charge in [0, 0.05) is 40.8 Å². The molecule has 2 amide bonds. The third kappa shape index (κ3) is 16.0. The first-order valence-electron chi connectivity index (χ1n) is 16.0. The maximum atomic E-state index is 12.1. The molecule has 1 aromatic carbocycles. The zero-order valence-corrected chi connectivity index (χ0v) is 27.5. The number of alkyl carbamates (subject to hydrolysis) is 1. The standard InChI is InChI=1S/C33H50N2O11/c1-23(36)35-30-28(21-43-29(22-42-24(2)37)31(45-25(3)38)32(30)46-26(4)39)41-19-15-10-8-6-5-7-9-14-18-34-33(40)44-20-27-16-12-11-13-17-27/h11-13,16-17,28-32H,5-10,14-15,18-22H2,1-4H3,(H,34,40)(H,35,36)/t28-,29+,30+,31-,32+/m0/s1. The molecular weight excluding hydrogens is 600 g/mol. The predicted molar refractivity (Wildman–Crippen MR) is 166 cm³/mol. The van der Waals surface area contributed by atoms with E-state index in [2.05, 4.69) is 10.6 Å². The third-order valence-electron chi connectivity index (χ3n) is 7.23. The van der Waals surface area contributed by atoms with Crippen molar-refractivity contribution < 1.29 is 52.4 Å². The lowest BCUT2D eigenvalue weighted by molar-refractivity contribution is -0.182. The number of carbonyl (C=O) groups is 5. The van der Waals surface area contributed by atoms with Crippen LogP contribution in [0, 0.1) is 0 Å². The topological polar surface area (TPSA) is 165 Å². The van der Waals surface area contributed by atoms with E-state index in [0.29, 0.717) is 13.2 Å². The van der Waals surface area contributed by atoms with Crippen molar-refractivity contribution in [3.8, 4) is 0 Å². The summed E-state index contributed by atoms with van der Waals surface area (Å²) in [7, 11) is 0. The van der Waals surface area contributed by atoms with Gasteiger partial charge in [-0.05, 0) is 18.4 Å². The van der Waals surface area contributed by atoms with Crippen LogP contribution in [-0.2, 0) is 54.2 Å². The van der Waals surface area contributed by atoms with Crippen LogP contribution < -0.4 is 10.6 Å². The molecule has 0 bridgehead atoms. The van der Waals surface area contributed by atoms with Crippen molar-refractivity contribution in [3.63, 3.8) is 0 Å². The van der Waals surface area contributed by atoms with Gasteiger partial charge in [-0.25, -0.2) is 4.79 Å². The Morgan fingerprint density at radius 1 is 0.761 bits per heavy atom. The summed E-state index contributed by atoms with van der Waals surface area (Å²) in [5, 5.41) is 5.56. The number of rotatable bonds is 19. The second-order valence-electron chi connectivity index (χ2n) is 11.3. The second-order valence-corrected chi connectivity index (χ2v) is 11.3. The molecule has 0 saturated carbocycles. The minimum Gasteiger partial charge on any atom is -0.463 e. The molecule has 1 aliphatic heterocycles. The first-order chi connectivity index (χ1) is 22.1. The highest BCUT2D eigenvalue weighted by Crippen LogP contribution is 2.25. The highest BCUT2D eigenvalue weighted by atomic mass is 16.6. The zero-order chi connectivity index (χ0) is 33.7. The van der Waals surface area contributed by atoms with Crippen LogP contribution in [0.25, 0.3) is 0 Å². The van der Waals surface area contributed by atoms with Crippen molar-refractivity contribution in [2.24, 2.45) is 0 Å². The summed E-state index contributed by atoms with van der Waals surface area (Å²) >= 11 is 0. The molecule has 2 rings (SSSR count). The number of carbonyl (C=O) groups excluding carboxylic acids is 5. The Morgan fingerprint density at radius 3 is 1.98 bits per heavy atom. The summed E-state index contributed by atoms with van der Waals surface area (Å²) in [6.45, 7) is 5.90. The Bertz CT molecular complexity index is 1080. The van der Waals surface area contributed by atoms with E-state index in [1.807, 2.05) is 30.3 Å². The van der Waals surface area contributed by atoms with E-state index < -0.39 is 60.4 Å². The monoisotopic (exact) mass is 650 g/mol. The van der Waals surface area contributed by atoms with Crippen LogP contribution in [0.4, 0.5) is 4.79 Å². The largest absolute Gasteiger partial charge is 0.463 e. The van der Waals surface area contributed by atoms with E-state index in [1.54, 1.807) is 0 Å². The lowest BCUT2D eigenvalue weighted by Gasteiger charge is -2.35. The van der Waals surface area contributed by atoms with Gasteiger partial charge in [0.25, 0.3) is 0 Å². The van der Waals surface area contributed by atoms with Crippen molar-refractivity contribution in [2.75, 3.05) is 26.4 Å². The highest BCUT2D eigenvalue weighted by molar-refractivity contribution is 5.73. The predicted octanol–water partition coefficient (Wildman–Crippen LogP) is 3.75. The third-order valence-corrected chi connectivity index (χ3v) is 7.23. The normalized spacial score (nSPS) is 20.9. The lowest BCUT2D eigenvalue weighted by Crippen LogP contribution is -2.58. The smallest absolute Gasteiger partial charge is 0.407 e. The maximum Gasteiger partial charge on any atom is 0.407 e. The molecule has 0 spiro atoms. The number of nitrogens with one attached hydrogen (secondary N) is 2. The quantitative estimate of drug-likeness (QED) is 0.127. The van der Waals surface area contributed by atoms with Crippen molar-refractivity contribution >= 4 is 29.9 Å². The highest BCUT2D eigenvalue weighted by Gasteiger charge is 2.48. The average Bonchev–Trinajstić information content (AvgIpc) is 3.11. The number of unbranched alkanes of at least 4 members (excludes halogenated alkanes) is 7. The SMILES string of the molecule is CC(=O)N[C@H]1[C@@H](OC(C)=O)[C@@H](OC(C)=O)[C@@H](COC(C)=O)OC[C@@H]1OCCCCCCCCCCNC(=O)OCc1ccccc1. The van der Waals surface area contributed by atoms with Gasteiger partial charge in [0.2, 0.25) is 5.91 Å². The van der Waals surface area contributed by atoms with Gasteiger partial charge < -0.3 is 39.1 Å². The van der Waals surface area contributed by atoms with E-state index in [-0.39, 0.29) is 19.8 Å². The molecule has 5 atom stereocenters. The van der Waals surface area contributed by atoms with Gasteiger partial charge in [-0.2, -0.15) is 0 Å². The lowest BCUT2D eigenvalue weighted by atomic mass is 9.97. The number of hydrogen-bond acceptors (Lipinski definition) is 11. The fraction of sp³-hybridized carbons (Fsp3) is 0.667. The summed E-state index contributed by atoms with van der Waals surface area (Å²) in [4.78, 5) is 59.4. The molecule has 1 heterocycles. The number of benzene rings is 1. The first-order valence-corrected chi connectivity index (χ1v) is 16.0. The van der Waals surface area contributed by atoms with E-state index in [4.69, 9.17) is 28.4 Å². The number of hydrogen-bond donors (Lipinski definition) is 2. The Balaban J connectivity index is 1.73. The van der Waals surface area contributed by atoms with Crippen LogP contribution in [0.15, 0.2) is 30.3 Å². The molecule has 0 aromatic heterocycles. The molecule has 46 heavy (non-hydrogen) atoms. The summed E-state index contributed by atoms with van der Waals surface area (Å²) in [5.41, 5.74) is 0.949. The Kier molecular flexibility index (Phi) is 18.3. The van der Waals surface area contributed by atoms with E-state index in [9.17, 15) is 24.0 Å². The van der Waals surface area contributed by atoms with Gasteiger partial charge in [-0.1, -0.05) is 68.9 Å². The molecule has 0 unspecified atom stereocenters. The molecule has 1 aromatic rings. The fourth-order valence-corrected chi connectivity index (χ4v) is 5.10. The van der Waals surface area contributed by atoms with Gasteiger partial charge >= 0.3 is 24.0 Å². The molecule has 0 aliphatic carbocycles. The molecule has 0 radical (unpaired) electrons. The van der Waals surface area contributed by atoms with E-state index in [0.717, 1.165) is 56.9 Å². The summed E-state index contributed by atoms with van der Waals surface area (Å²) in [5.74, 6) is -2.26. The number of esters is 3. The zero-order valence-electron chi connectivity index (χ0n) is 27.5. The minimum atomic E-state index is -1.16. The van der Waals surface area contributed by atoms with Crippen LogP contribution in [0.2, 0.25) is 0 Å². The van der Waals surface area contributed by atoms with Crippen LogP contribution >= 0.6 is 0 Å². The molecule has 1 aliphatic rings. The Hall–Kier alpha value is -3.71. The maximum absolute atomic E-state index is 12.1. The number of ether oxygens (including phenoxy) is 6. The van der Waals surface area contributed by atoms with Crippen molar-refractivity contribution in [2.45, 2.75) is 116 Å². The first kappa shape index (κ1) is 38.5. The van der Waals surface area contributed by atoms with Crippen LogP contribution in [0.1, 0.15) is 84.6 Å². The van der Waals surface area contributed by atoms with E-state index >= 15 is 0 Å². The molecule has 2 N–H and O–H groups in total. The number of amides is 2. The molecule has 13 heteroatoms. The summed E-state index contributed by atoms with van der Waals surface area (Å²) < 4.78 is 33.4. The fourth-order valence-electron chi connectivity index (χ4n) is 5.10. The molecule has 1 fully saturated rings. The Morgan fingerprint density at radius 2 is 1.37 bits per heavy atom. The molecule has 13 nitrogen and oxygen atoms in total. The van der Waals surface area contributed by atoms with Crippen molar-refractivity contribution in [1.29, 1.82) is 0 Å². The van der Waals surface area contributed by atoms with Gasteiger partial charge in [0.1, 0.15) is 25.4 Å². The van der Waals surface area contributed by atoms with Crippen molar-refractivity contribution in [3.05, 3.63) is 35.9 Å². The molecular formula is C33H50N2O11. The van der Waals surface area contributed by atoms with E-state index in [1.165, 1.54) is 27.7 Å². The molecule has 258 valence electrons. The summed E-state index contributed by atoms with van der Waals surface area (Å²) in [6, 6.07) is 8.66. The average molecular weight is 651 g/mol. The Labute approximate surface area is 271 Å². The van der Waals surface area contributed by atoms with Gasteiger partial charge in [-0.15, -0.1) is 0 Å². The second kappa shape index (κ2) is 21.9. The summed E-state index contributed by atoms with van der Waals surface area (Å²) in [6.07, 6.45) is 3.49. The van der Waals surface area contributed by atoms with Crippen LogP contribution in [-0.4, -0.2) is 86.7 Å².